The van der Waals surface area contributed by atoms with Crippen LogP contribution in [-0.2, 0) is 10.2 Å². The average Bonchev–Trinajstić information content (AvgIpc) is 2.96. The van der Waals surface area contributed by atoms with Gasteiger partial charge in [0, 0.05) is 5.41 Å². The molecule has 2 rings (SSSR count). The Morgan fingerprint density at radius 3 is 2.82 bits per heavy atom. The number of hydrogen-bond donors (Lipinski definition) is 2. The lowest BCUT2D eigenvalue weighted by molar-refractivity contribution is -0.133. The van der Waals surface area contributed by atoms with E-state index in [-0.39, 0.29) is 11.2 Å². The predicted octanol–water partition coefficient (Wildman–Crippen LogP) is 2.20. The summed E-state index contributed by atoms with van der Waals surface area (Å²) in [5.41, 5.74) is 0.148. The zero-order valence-electron chi connectivity index (χ0n) is 9.90. The zero-order chi connectivity index (χ0) is 12.3. The molecule has 1 heterocycles. The van der Waals surface area contributed by atoms with Crippen molar-refractivity contribution < 1.29 is 9.90 Å². The molecular formula is C11H17N3O2S. The molecule has 5 nitrogen and oxygen atoms in total. The molecule has 0 unspecified atom stereocenters. The summed E-state index contributed by atoms with van der Waals surface area (Å²) in [6.07, 6.45) is 5.85. The number of hydrogen-bond acceptors (Lipinski definition) is 4. The first-order valence-corrected chi connectivity index (χ1v) is 6.92. The van der Waals surface area contributed by atoms with E-state index in [1.54, 1.807) is 0 Å². The first-order valence-electron chi connectivity index (χ1n) is 5.94. The molecule has 2 N–H and O–H groups in total. The average molecular weight is 255 g/mol. The molecule has 0 aliphatic heterocycles. The standard InChI is InChI=1S/C11H17N3O2S/c1-2-11(5-3-4-6-11)9-12-10(14-13-9)17-7-8(15)16/h2-7H2,1H3,(H,15,16)(H,12,13,14). The van der Waals surface area contributed by atoms with E-state index in [0.29, 0.717) is 5.16 Å². The smallest absolute Gasteiger partial charge is 0.313 e. The molecule has 1 saturated carbocycles. The maximum absolute atomic E-state index is 10.5. The number of nitrogens with zero attached hydrogens (tertiary/aromatic N) is 2. The molecule has 1 aliphatic rings. The number of H-pyrrole nitrogens is 1. The molecule has 0 bridgehead atoms. The second kappa shape index (κ2) is 5.08. The van der Waals surface area contributed by atoms with Crippen molar-refractivity contribution in [2.24, 2.45) is 0 Å². The Morgan fingerprint density at radius 2 is 2.24 bits per heavy atom. The molecule has 0 amide bonds. The third-order valence-corrected chi connectivity index (χ3v) is 4.36. The van der Waals surface area contributed by atoms with E-state index in [0.717, 1.165) is 36.8 Å². The first kappa shape index (κ1) is 12.4. The van der Waals surface area contributed by atoms with Crippen LogP contribution in [0.5, 0.6) is 0 Å². The quantitative estimate of drug-likeness (QED) is 0.789. The van der Waals surface area contributed by atoms with Gasteiger partial charge in [-0.25, -0.2) is 4.98 Å². The molecule has 0 spiro atoms. The Kier molecular flexibility index (Phi) is 3.71. The van der Waals surface area contributed by atoms with Gasteiger partial charge >= 0.3 is 5.97 Å². The molecule has 1 aromatic heterocycles. The molecule has 0 aromatic carbocycles. The van der Waals surface area contributed by atoms with Crippen LogP contribution in [0.3, 0.4) is 0 Å². The van der Waals surface area contributed by atoms with E-state index in [4.69, 9.17) is 5.11 Å². The third-order valence-electron chi connectivity index (χ3n) is 3.53. The molecule has 1 aromatic rings. The van der Waals surface area contributed by atoms with Crippen LogP contribution in [0.2, 0.25) is 0 Å². The van der Waals surface area contributed by atoms with Gasteiger partial charge in [0.2, 0.25) is 5.16 Å². The lowest BCUT2D eigenvalue weighted by atomic mass is 9.83. The van der Waals surface area contributed by atoms with Crippen LogP contribution in [0.1, 0.15) is 44.9 Å². The molecule has 0 saturated heterocycles. The van der Waals surface area contributed by atoms with E-state index in [1.807, 2.05) is 0 Å². The van der Waals surface area contributed by atoms with Crippen molar-refractivity contribution in [3.8, 4) is 0 Å². The van der Waals surface area contributed by atoms with Crippen molar-refractivity contribution in [3.63, 3.8) is 0 Å². The van der Waals surface area contributed by atoms with Crippen molar-refractivity contribution in [2.75, 3.05) is 5.75 Å². The minimum Gasteiger partial charge on any atom is -0.481 e. The normalized spacial score (nSPS) is 18.4. The van der Waals surface area contributed by atoms with Crippen LogP contribution in [0.4, 0.5) is 0 Å². The van der Waals surface area contributed by atoms with Crippen molar-refractivity contribution in [1.82, 2.24) is 15.2 Å². The van der Waals surface area contributed by atoms with Gasteiger partial charge in [-0.1, -0.05) is 31.5 Å². The molecular weight excluding hydrogens is 238 g/mol. The fourth-order valence-electron chi connectivity index (χ4n) is 2.48. The highest BCUT2D eigenvalue weighted by Crippen LogP contribution is 2.42. The Labute approximate surface area is 104 Å². The Bertz CT molecular complexity index is 399. The van der Waals surface area contributed by atoms with Gasteiger partial charge in [-0.15, -0.1) is 5.10 Å². The van der Waals surface area contributed by atoms with Crippen LogP contribution in [0.15, 0.2) is 5.16 Å². The molecule has 1 aliphatic carbocycles. The van der Waals surface area contributed by atoms with E-state index in [2.05, 4.69) is 22.1 Å². The van der Waals surface area contributed by atoms with E-state index in [1.165, 1.54) is 12.8 Å². The summed E-state index contributed by atoms with van der Waals surface area (Å²) < 4.78 is 0. The molecule has 17 heavy (non-hydrogen) atoms. The summed E-state index contributed by atoms with van der Waals surface area (Å²) >= 11 is 1.16. The summed E-state index contributed by atoms with van der Waals surface area (Å²) in [5.74, 6) is 0.106. The molecule has 0 atom stereocenters. The monoisotopic (exact) mass is 255 g/mol. The van der Waals surface area contributed by atoms with Gasteiger partial charge in [0.1, 0.15) is 5.82 Å². The number of thioether (sulfide) groups is 1. The van der Waals surface area contributed by atoms with Gasteiger partial charge in [0.05, 0.1) is 5.75 Å². The fourth-order valence-corrected chi connectivity index (χ4v) is 3.00. The van der Waals surface area contributed by atoms with Crippen LogP contribution in [0.25, 0.3) is 0 Å². The predicted molar refractivity (Wildman–Crippen MR) is 65.2 cm³/mol. The largest absolute Gasteiger partial charge is 0.481 e. The first-order chi connectivity index (χ1) is 8.16. The second-order valence-electron chi connectivity index (χ2n) is 4.49. The van der Waals surface area contributed by atoms with Gasteiger partial charge in [-0.2, -0.15) is 0 Å². The highest BCUT2D eigenvalue weighted by molar-refractivity contribution is 7.99. The maximum atomic E-state index is 10.5. The minimum absolute atomic E-state index is 0.0103. The van der Waals surface area contributed by atoms with Crippen molar-refractivity contribution >= 4 is 17.7 Å². The maximum Gasteiger partial charge on any atom is 0.313 e. The van der Waals surface area contributed by atoms with E-state index < -0.39 is 5.97 Å². The van der Waals surface area contributed by atoms with E-state index in [9.17, 15) is 4.79 Å². The minimum atomic E-state index is -0.840. The van der Waals surface area contributed by atoms with Gasteiger partial charge in [-0.05, 0) is 19.3 Å². The Balaban J connectivity index is 2.08. The van der Waals surface area contributed by atoms with Crippen molar-refractivity contribution in [2.45, 2.75) is 49.6 Å². The van der Waals surface area contributed by atoms with Crippen LogP contribution >= 0.6 is 11.8 Å². The molecule has 1 fully saturated rings. The SMILES string of the molecule is CCC1(c2nc(SCC(=O)O)n[nH]2)CCCC1. The number of nitrogens with one attached hydrogen (secondary N) is 1. The number of rotatable bonds is 5. The van der Waals surface area contributed by atoms with Gasteiger partial charge in [-0.3, -0.25) is 9.89 Å². The topological polar surface area (TPSA) is 78.9 Å². The third kappa shape index (κ3) is 2.62. The van der Waals surface area contributed by atoms with Crippen molar-refractivity contribution in [1.29, 1.82) is 0 Å². The van der Waals surface area contributed by atoms with Gasteiger partial charge < -0.3 is 5.11 Å². The highest BCUT2D eigenvalue weighted by Gasteiger charge is 2.36. The van der Waals surface area contributed by atoms with Crippen LogP contribution in [0, 0.1) is 0 Å². The van der Waals surface area contributed by atoms with Crippen LogP contribution < -0.4 is 0 Å². The molecule has 0 radical (unpaired) electrons. The van der Waals surface area contributed by atoms with Crippen molar-refractivity contribution in [3.05, 3.63) is 5.82 Å². The number of carbonyl (C=O) groups is 1. The second-order valence-corrected chi connectivity index (χ2v) is 5.43. The lowest BCUT2D eigenvalue weighted by Gasteiger charge is -2.23. The molecule has 6 heteroatoms. The fraction of sp³-hybridized carbons (Fsp3) is 0.727. The number of aromatic amines is 1. The summed E-state index contributed by atoms with van der Waals surface area (Å²) in [6, 6.07) is 0. The number of carboxylic acids is 1. The number of aliphatic carboxylic acids is 1. The number of carboxylic acid groups (broad SMARTS) is 1. The van der Waals surface area contributed by atoms with Gasteiger partial charge in [0.25, 0.3) is 0 Å². The summed E-state index contributed by atoms with van der Waals surface area (Å²) in [6.45, 7) is 2.18. The van der Waals surface area contributed by atoms with Gasteiger partial charge in [0.15, 0.2) is 0 Å². The highest BCUT2D eigenvalue weighted by atomic mass is 32.2. The van der Waals surface area contributed by atoms with E-state index >= 15 is 0 Å². The Morgan fingerprint density at radius 1 is 1.53 bits per heavy atom. The number of aromatic nitrogens is 3. The Hall–Kier alpha value is -1.04. The summed E-state index contributed by atoms with van der Waals surface area (Å²) in [5, 5.41) is 16.2. The molecule has 94 valence electrons. The lowest BCUT2D eigenvalue weighted by Crippen LogP contribution is -2.22. The summed E-state index contributed by atoms with van der Waals surface area (Å²) in [4.78, 5) is 14.9. The zero-order valence-corrected chi connectivity index (χ0v) is 10.7. The van der Waals surface area contributed by atoms with Crippen LogP contribution in [-0.4, -0.2) is 32.0 Å². The summed E-state index contributed by atoms with van der Waals surface area (Å²) in [7, 11) is 0.